The van der Waals surface area contributed by atoms with Gasteiger partial charge < -0.3 is 45.8 Å². The third-order valence-corrected chi connectivity index (χ3v) is 12.8. The summed E-state index contributed by atoms with van der Waals surface area (Å²) in [4.78, 5) is 81.8. The summed E-state index contributed by atoms with van der Waals surface area (Å²) < 4.78 is 4.12. The van der Waals surface area contributed by atoms with Crippen molar-refractivity contribution in [1.29, 1.82) is 0 Å². The summed E-state index contributed by atoms with van der Waals surface area (Å²) in [5.74, 6) is -5.04. The van der Waals surface area contributed by atoms with E-state index in [0.29, 0.717) is 46.6 Å². The van der Waals surface area contributed by atoms with E-state index in [-0.39, 0.29) is 11.6 Å². The van der Waals surface area contributed by atoms with Crippen molar-refractivity contribution >= 4 is 68.6 Å². The first kappa shape index (κ1) is 55.2. The first-order valence-corrected chi connectivity index (χ1v) is 24.6. The van der Waals surface area contributed by atoms with Gasteiger partial charge in [0.1, 0.15) is 11.4 Å². The van der Waals surface area contributed by atoms with Crippen LogP contribution in [0.2, 0.25) is 0 Å². The fraction of sp³-hybridized carbons (Fsp3) is 0.358. The summed E-state index contributed by atoms with van der Waals surface area (Å²) in [5, 5.41) is 50.4. The van der Waals surface area contributed by atoms with Crippen molar-refractivity contribution in [3.05, 3.63) is 108 Å². The number of aliphatic carboxylic acids is 4. The minimum atomic E-state index is -1.26. The summed E-state index contributed by atoms with van der Waals surface area (Å²) in [6.45, 7) is 19.2. The van der Waals surface area contributed by atoms with Gasteiger partial charge in [0.25, 0.3) is 0 Å². The molecule has 0 saturated carbocycles. The zero-order chi connectivity index (χ0) is 53.5. The van der Waals surface area contributed by atoms with Crippen molar-refractivity contribution in [2.75, 3.05) is 83.1 Å². The predicted octanol–water partition coefficient (Wildman–Crippen LogP) is 5.94. The number of carbonyl (C=O) groups excluding carboxylic acids is 2. The van der Waals surface area contributed by atoms with E-state index >= 15 is 0 Å². The number of ketones is 2. The molecule has 2 aliphatic carbocycles. The molecule has 4 aromatic heterocycles. The summed E-state index contributed by atoms with van der Waals surface area (Å²) in [6.07, 6.45) is 10.9. The standard InChI is InChI=1S/C45H55N11O2.2C4H4O4/c1-6-53(7-2)24-26-55-36-14-12-34(38-40(36)42(50-55)30-16-20-46-28-32(30)44(38)57)48-18-10-22-52(5)23-11-19-49-35-13-15-37-41-39(35)45(58)33-29-47-21-17-31(33)43(41)51-56(37)27-25-54(8-3)9-4;2*5-3(6)1-2-4(7)8/h12-17,20-21,28-29,48-49H,6-11,18-19,22-27H2,1-5H3;2*1-2H,(H,5,6)(H,7,8)/b;2*2-1-. The van der Waals surface area contributed by atoms with Crippen molar-refractivity contribution in [3.63, 3.8) is 0 Å². The minimum Gasteiger partial charge on any atom is -0.478 e. The maximum atomic E-state index is 14.0. The van der Waals surface area contributed by atoms with Gasteiger partial charge in [0.05, 0.1) is 46.4 Å². The molecule has 390 valence electrons. The van der Waals surface area contributed by atoms with Crippen LogP contribution in [0.4, 0.5) is 11.4 Å². The molecule has 21 nitrogen and oxygen atoms in total. The molecule has 2 aromatic carbocycles. The second kappa shape index (κ2) is 26.0. The molecule has 0 bridgehead atoms. The van der Waals surface area contributed by atoms with Gasteiger partial charge in [-0.15, -0.1) is 0 Å². The Balaban J connectivity index is 0.000000482. The maximum Gasteiger partial charge on any atom is 0.328 e. The van der Waals surface area contributed by atoms with E-state index in [9.17, 15) is 28.8 Å². The SMILES string of the molecule is CCN(CC)CCn1nc2c3c(c(NCCCN(C)CCCNc4ccc5c6c(nn5CCN(CC)CC)-c5ccncc5C(=O)c46)ccc31)C(=O)c1cnccc1-2.O=C(O)/C=C\C(=O)O.O=C(O)/C=C\C(=O)O. The van der Waals surface area contributed by atoms with Crippen LogP contribution >= 0.6 is 0 Å². The monoisotopic (exact) mass is 1010 g/mol. The summed E-state index contributed by atoms with van der Waals surface area (Å²) >= 11 is 0. The number of hydrogen-bond acceptors (Lipinski definition) is 15. The van der Waals surface area contributed by atoms with E-state index in [2.05, 4.69) is 91.5 Å². The van der Waals surface area contributed by atoms with Crippen molar-refractivity contribution in [3.8, 4) is 22.5 Å². The number of pyridine rings is 2. The fourth-order valence-corrected chi connectivity index (χ4v) is 8.95. The number of aromatic nitrogens is 6. The fourth-order valence-electron chi connectivity index (χ4n) is 8.95. The highest BCUT2D eigenvalue weighted by Gasteiger charge is 2.33. The first-order chi connectivity index (χ1) is 35.6. The van der Waals surface area contributed by atoms with Gasteiger partial charge in [-0.05, 0) is 95.6 Å². The quantitative estimate of drug-likeness (QED) is 0.0302. The van der Waals surface area contributed by atoms with Crippen molar-refractivity contribution in [2.24, 2.45) is 0 Å². The molecule has 0 atom stereocenters. The van der Waals surface area contributed by atoms with Crippen LogP contribution < -0.4 is 10.6 Å². The largest absolute Gasteiger partial charge is 0.478 e. The number of nitrogens with one attached hydrogen (secondary N) is 2. The van der Waals surface area contributed by atoms with Gasteiger partial charge >= 0.3 is 23.9 Å². The van der Waals surface area contributed by atoms with E-state index in [0.717, 1.165) is 147 Å². The first-order valence-electron chi connectivity index (χ1n) is 24.6. The zero-order valence-corrected chi connectivity index (χ0v) is 42.2. The molecule has 2 aliphatic rings. The number of fused-ring (bicyclic) bond motifs is 4. The molecule has 0 saturated heterocycles. The van der Waals surface area contributed by atoms with E-state index in [4.69, 9.17) is 30.6 Å². The zero-order valence-electron chi connectivity index (χ0n) is 42.2. The van der Waals surface area contributed by atoms with Crippen molar-refractivity contribution in [1.82, 2.24) is 44.2 Å². The van der Waals surface area contributed by atoms with Crippen LogP contribution in [0, 0.1) is 0 Å². The van der Waals surface area contributed by atoms with E-state index in [1.807, 2.05) is 24.3 Å². The highest BCUT2D eigenvalue weighted by Crippen LogP contribution is 2.43. The molecule has 6 N–H and O–H groups in total. The van der Waals surface area contributed by atoms with Crippen LogP contribution in [0.25, 0.3) is 44.3 Å². The van der Waals surface area contributed by atoms with E-state index in [1.165, 1.54) is 0 Å². The normalized spacial score (nSPS) is 12.3. The van der Waals surface area contributed by atoms with E-state index in [1.54, 1.807) is 24.8 Å². The Bertz CT molecular complexity index is 2840. The third-order valence-electron chi connectivity index (χ3n) is 12.8. The van der Waals surface area contributed by atoms with Crippen LogP contribution in [0.15, 0.2) is 85.5 Å². The number of carbonyl (C=O) groups is 6. The van der Waals surface area contributed by atoms with Gasteiger partial charge in [0.2, 0.25) is 0 Å². The minimum absolute atomic E-state index is 0.00664. The highest BCUT2D eigenvalue weighted by molar-refractivity contribution is 6.28. The summed E-state index contributed by atoms with van der Waals surface area (Å²) in [6, 6.07) is 12.1. The molecular weight excluding hydrogens is 951 g/mol. The molecular formula is C53H63N11O10. The van der Waals surface area contributed by atoms with Gasteiger partial charge in [-0.3, -0.25) is 28.9 Å². The van der Waals surface area contributed by atoms with E-state index < -0.39 is 23.9 Å². The molecule has 74 heavy (non-hydrogen) atoms. The molecule has 0 amide bonds. The number of carboxylic acid groups (broad SMARTS) is 4. The van der Waals surface area contributed by atoms with Gasteiger partial charge in [-0.2, -0.15) is 10.2 Å². The second-order valence-corrected chi connectivity index (χ2v) is 17.3. The molecule has 0 unspecified atom stereocenters. The van der Waals surface area contributed by atoms with Crippen molar-refractivity contribution < 1.29 is 49.2 Å². The number of likely N-dealkylation sites (N-methyl/N-ethyl adjacent to an activating group) is 2. The van der Waals surface area contributed by atoms with Gasteiger partial charge in [0.15, 0.2) is 11.6 Å². The van der Waals surface area contributed by atoms with Crippen LogP contribution in [0.3, 0.4) is 0 Å². The summed E-state index contributed by atoms with van der Waals surface area (Å²) in [5.41, 5.74) is 9.66. The molecule has 0 fully saturated rings. The number of carboxylic acids is 4. The highest BCUT2D eigenvalue weighted by atomic mass is 16.4. The van der Waals surface area contributed by atoms with Crippen LogP contribution in [0.5, 0.6) is 0 Å². The van der Waals surface area contributed by atoms with Crippen LogP contribution in [0.1, 0.15) is 72.4 Å². The summed E-state index contributed by atoms with van der Waals surface area (Å²) in [7, 11) is 2.14. The van der Waals surface area contributed by atoms with Gasteiger partial charge in [-0.25, -0.2) is 19.2 Å². The molecule has 0 radical (unpaired) electrons. The lowest BCUT2D eigenvalue weighted by Crippen LogP contribution is -2.27. The third kappa shape index (κ3) is 13.3. The average Bonchev–Trinajstić information content (AvgIpc) is 3.96. The van der Waals surface area contributed by atoms with Crippen molar-refractivity contribution in [2.45, 2.75) is 53.6 Å². The predicted molar refractivity (Wildman–Crippen MR) is 281 cm³/mol. The Morgan fingerprint density at radius 1 is 0.541 bits per heavy atom. The molecule has 21 heteroatoms. The average molecular weight is 1010 g/mol. The Hall–Kier alpha value is -8.14. The second-order valence-electron chi connectivity index (χ2n) is 17.3. The molecule has 0 spiro atoms. The molecule has 4 heterocycles. The maximum absolute atomic E-state index is 14.0. The lowest BCUT2D eigenvalue weighted by atomic mass is 9.87. The van der Waals surface area contributed by atoms with Crippen LogP contribution in [-0.4, -0.2) is 173 Å². The lowest BCUT2D eigenvalue weighted by molar-refractivity contribution is -0.134. The number of hydrogen-bond donors (Lipinski definition) is 6. The number of benzene rings is 2. The molecule has 6 aromatic rings. The Kier molecular flexibility index (Phi) is 19.4. The topological polar surface area (TPSA) is 279 Å². The number of anilines is 2. The number of rotatable bonds is 24. The lowest BCUT2D eigenvalue weighted by Gasteiger charge is -2.20. The smallest absolute Gasteiger partial charge is 0.328 e. The number of nitrogens with zero attached hydrogens (tertiary/aromatic N) is 9. The van der Waals surface area contributed by atoms with Gasteiger partial charge in [-0.1, -0.05) is 27.7 Å². The Morgan fingerprint density at radius 3 is 1.24 bits per heavy atom. The van der Waals surface area contributed by atoms with Gasteiger partial charge in [0, 0.05) is 109 Å². The Morgan fingerprint density at radius 2 is 0.905 bits per heavy atom. The Labute approximate surface area is 427 Å². The molecule has 0 aliphatic heterocycles. The molecule has 8 rings (SSSR count). The van der Waals surface area contributed by atoms with Crippen LogP contribution in [-0.2, 0) is 32.3 Å².